The monoisotopic (exact) mass is 542 g/mol. The molecule has 0 saturated heterocycles. The summed E-state index contributed by atoms with van der Waals surface area (Å²) in [4.78, 5) is 4.58. The Balaban J connectivity index is 1.23. The molecule has 0 spiro atoms. The van der Waals surface area contributed by atoms with Gasteiger partial charge in [0.1, 0.15) is 0 Å². The molecule has 0 saturated carbocycles. The van der Waals surface area contributed by atoms with Gasteiger partial charge in [0.15, 0.2) is 0 Å². The van der Waals surface area contributed by atoms with Gasteiger partial charge in [0.25, 0.3) is 0 Å². The molecule has 6 aromatic rings. The van der Waals surface area contributed by atoms with Crippen LogP contribution in [0.2, 0.25) is 0 Å². The van der Waals surface area contributed by atoms with Gasteiger partial charge in [0, 0.05) is 34.1 Å². The third kappa shape index (κ3) is 6.19. The molecule has 0 amide bonds. The molecule has 0 aromatic heterocycles. The smallest absolute Gasteiger partial charge is 0.0462 e. The third-order valence-electron chi connectivity index (χ3n) is 7.38. The molecule has 0 heterocycles. The molecular formula is C40H34N2. The van der Waals surface area contributed by atoms with E-state index in [9.17, 15) is 0 Å². The highest BCUT2D eigenvalue weighted by Gasteiger charge is 2.13. The van der Waals surface area contributed by atoms with Crippen LogP contribution >= 0.6 is 0 Å². The number of aryl methyl sites for hydroxylation is 2. The number of anilines is 6. The zero-order valence-corrected chi connectivity index (χ0v) is 24.1. The average Bonchev–Trinajstić information content (AvgIpc) is 3.04. The SMILES string of the molecule is Cc1ccc(N(c2ccc(C)cc2)c2ccc(C=Cc3ccc(N(c4ccccc4)c4ccccc4)cc3)cc2)cc1. The topological polar surface area (TPSA) is 6.48 Å². The second-order valence-corrected chi connectivity index (χ2v) is 10.5. The standard InChI is InChI=1S/C40H34N2/c1-31-13-23-37(24-14-31)42(38-25-15-32(2)16-26-38)40-29-21-34(22-30-40)18-17-33-19-27-39(28-20-33)41(35-9-5-3-6-10-35)36-11-7-4-8-12-36/h3-30H,1-2H3. The van der Waals surface area contributed by atoms with Gasteiger partial charge in [-0.1, -0.05) is 108 Å². The van der Waals surface area contributed by atoms with E-state index in [0.29, 0.717) is 0 Å². The maximum atomic E-state index is 2.30. The molecule has 2 heteroatoms. The van der Waals surface area contributed by atoms with Gasteiger partial charge in [-0.05, 0) is 97.8 Å². The van der Waals surface area contributed by atoms with Crippen molar-refractivity contribution in [3.8, 4) is 0 Å². The van der Waals surface area contributed by atoms with E-state index in [4.69, 9.17) is 0 Å². The molecule has 0 radical (unpaired) electrons. The molecule has 0 aliphatic rings. The molecule has 0 unspecified atom stereocenters. The summed E-state index contributed by atoms with van der Waals surface area (Å²) in [5, 5.41) is 0. The predicted octanol–water partition coefficient (Wildman–Crippen LogP) is 11.4. The van der Waals surface area contributed by atoms with Gasteiger partial charge in [-0.2, -0.15) is 0 Å². The van der Waals surface area contributed by atoms with Crippen molar-refractivity contribution in [2.75, 3.05) is 9.80 Å². The Morgan fingerprint density at radius 2 is 0.571 bits per heavy atom. The zero-order chi connectivity index (χ0) is 28.7. The molecule has 0 N–H and O–H groups in total. The summed E-state index contributed by atoms with van der Waals surface area (Å²) in [5.41, 5.74) is 11.6. The van der Waals surface area contributed by atoms with Crippen LogP contribution in [0.25, 0.3) is 12.2 Å². The molecule has 0 bridgehead atoms. The van der Waals surface area contributed by atoms with E-state index in [2.05, 4.69) is 194 Å². The highest BCUT2D eigenvalue weighted by atomic mass is 15.1. The summed E-state index contributed by atoms with van der Waals surface area (Å²) in [6, 6.07) is 55.9. The van der Waals surface area contributed by atoms with Crippen LogP contribution in [0.1, 0.15) is 22.3 Å². The quantitative estimate of drug-likeness (QED) is 0.176. The lowest BCUT2D eigenvalue weighted by molar-refractivity contribution is 1.27. The van der Waals surface area contributed by atoms with Crippen LogP contribution in [0.15, 0.2) is 158 Å². The Labute approximate surface area is 249 Å². The first-order chi connectivity index (χ1) is 20.6. The molecule has 204 valence electrons. The minimum atomic E-state index is 1.13. The van der Waals surface area contributed by atoms with Crippen molar-refractivity contribution in [1.29, 1.82) is 0 Å². The van der Waals surface area contributed by atoms with Crippen molar-refractivity contribution in [2.24, 2.45) is 0 Å². The van der Waals surface area contributed by atoms with Crippen LogP contribution in [-0.4, -0.2) is 0 Å². The molecule has 6 rings (SSSR count). The van der Waals surface area contributed by atoms with E-state index in [1.807, 2.05) is 0 Å². The Bertz CT molecular complexity index is 1650. The van der Waals surface area contributed by atoms with Crippen molar-refractivity contribution in [3.05, 3.63) is 180 Å². The van der Waals surface area contributed by atoms with Crippen molar-refractivity contribution in [3.63, 3.8) is 0 Å². The van der Waals surface area contributed by atoms with Crippen LogP contribution in [0.5, 0.6) is 0 Å². The number of para-hydroxylation sites is 2. The molecular weight excluding hydrogens is 508 g/mol. The van der Waals surface area contributed by atoms with E-state index in [1.165, 1.54) is 11.1 Å². The first kappa shape index (κ1) is 26.9. The Morgan fingerprint density at radius 1 is 0.310 bits per heavy atom. The van der Waals surface area contributed by atoms with Gasteiger partial charge in [-0.25, -0.2) is 0 Å². The van der Waals surface area contributed by atoms with Gasteiger partial charge >= 0.3 is 0 Å². The highest BCUT2D eigenvalue weighted by molar-refractivity contribution is 5.80. The number of rotatable bonds is 8. The summed E-state index contributed by atoms with van der Waals surface area (Å²) in [6.45, 7) is 4.24. The van der Waals surface area contributed by atoms with Crippen LogP contribution in [0.4, 0.5) is 34.1 Å². The fourth-order valence-corrected chi connectivity index (χ4v) is 5.10. The van der Waals surface area contributed by atoms with Crippen molar-refractivity contribution in [2.45, 2.75) is 13.8 Å². The first-order valence-electron chi connectivity index (χ1n) is 14.4. The maximum Gasteiger partial charge on any atom is 0.0462 e. The molecule has 0 aliphatic carbocycles. The third-order valence-corrected chi connectivity index (χ3v) is 7.38. The van der Waals surface area contributed by atoms with Crippen molar-refractivity contribution < 1.29 is 0 Å². The molecule has 0 atom stereocenters. The fourth-order valence-electron chi connectivity index (χ4n) is 5.10. The van der Waals surface area contributed by atoms with E-state index in [0.717, 1.165) is 45.3 Å². The minimum Gasteiger partial charge on any atom is -0.311 e. The van der Waals surface area contributed by atoms with Crippen LogP contribution < -0.4 is 9.80 Å². The summed E-state index contributed by atoms with van der Waals surface area (Å²) in [6.07, 6.45) is 4.35. The zero-order valence-electron chi connectivity index (χ0n) is 24.1. The Kier molecular flexibility index (Phi) is 7.96. The van der Waals surface area contributed by atoms with Gasteiger partial charge in [-0.3, -0.25) is 0 Å². The summed E-state index contributed by atoms with van der Waals surface area (Å²) < 4.78 is 0. The Morgan fingerprint density at radius 3 is 0.881 bits per heavy atom. The fraction of sp³-hybridized carbons (Fsp3) is 0.0500. The van der Waals surface area contributed by atoms with Crippen LogP contribution in [-0.2, 0) is 0 Å². The minimum absolute atomic E-state index is 1.13. The van der Waals surface area contributed by atoms with Gasteiger partial charge in [0.05, 0.1) is 0 Å². The van der Waals surface area contributed by atoms with E-state index >= 15 is 0 Å². The average molecular weight is 543 g/mol. The number of benzene rings is 6. The van der Waals surface area contributed by atoms with E-state index < -0.39 is 0 Å². The second-order valence-electron chi connectivity index (χ2n) is 10.5. The molecule has 0 fully saturated rings. The first-order valence-corrected chi connectivity index (χ1v) is 14.4. The van der Waals surface area contributed by atoms with Gasteiger partial charge in [0.2, 0.25) is 0 Å². The Hall–Kier alpha value is -5.34. The lowest BCUT2D eigenvalue weighted by atomic mass is 10.1. The summed E-state index contributed by atoms with van der Waals surface area (Å²) >= 11 is 0. The van der Waals surface area contributed by atoms with Gasteiger partial charge in [-0.15, -0.1) is 0 Å². The van der Waals surface area contributed by atoms with E-state index in [-0.39, 0.29) is 0 Å². The number of hydrogen-bond acceptors (Lipinski definition) is 2. The lowest BCUT2D eigenvalue weighted by Crippen LogP contribution is -2.09. The second kappa shape index (κ2) is 12.4. The maximum absolute atomic E-state index is 2.30. The molecule has 2 nitrogen and oxygen atoms in total. The summed E-state index contributed by atoms with van der Waals surface area (Å²) in [7, 11) is 0. The van der Waals surface area contributed by atoms with E-state index in [1.54, 1.807) is 0 Å². The summed E-state index contributed by atoms with van der Waals surface area (Å²) in [5.74, 6) is 0. The van der Waals surface area contributed by atoms with Crippen LogP contribution in [0.3, 0.4) is 0 Å². The van der Waals surface area contributed by atoms with Crippen LogP contribution in [0, 0.1) is 13.8 Å². The lowest BCUT2D eigenvalue weighted by Gasteiger charge is -2.26. The molecule has 0 aliphatic heterocycles. The largest absolute Gasteiger partial charge is 0.311 e. The number of hydrogen-bond donors (Lipinski definition) is 0. The van der Waals surface area contributed by atoms with Crippen molar-refractivity contribution >= 4 is 46.3 Å². The highest BCUT2D eigenvalue weighted by Crippen LogP contribution is 2.36. The number of nitrogens with zero attached hydrogens (tertiary/aromatic N) is 2. The predicted molar refractivity (Wildman–Crippen MR) is 181 cm³/mol. The normalized spacial score (nSPS) is 11.0. The van der Waals surface area contributed by atoms with Crippen molar-refractivity contribution in [1.82, 2.24) is 0 Å². The van der Waals surface area contributed by atoms with Gasteiger partial charge < -0.3 is 9.80 Å². The molecule has 42 heavy (non-hydrogen) atoms. The molecule has 6 aromatic carbocycles.